The van der Waals surface area contributed by atoms with E-state index in [1.165, 1.54) is 24.0 Å². The van der Waals surface area contributed by atoms with E-state index in [0.29, 0.717) is 11.3 Å². The van der Waals surface area contributed by atoms with Crippen LogP contribution in [0.4, 0.5) is 0 Å². The van der Waals surface area contributed by atoms with Crippen molar-refractivity contribution in [3.63, 3.8) is 0 Å². The Bertz CT molecular complexity index is 551. The summed E-state index contributed by atoms with van der Waals surface area (Å²) < 4.78 is 0. The standard InChI is InChI=1S/C20H29N/c1-7-8-9-18(15(3)21-6)17-11-10-16-12-20(4,5)13-19(16)14(17)2/h7,10-11,18,21H,1,3,8-9,12-13H2,2,4-6H3. The van der Waals surface area contributed by atoms with Gasteiger partial charge in [-0.25, -0.2) is 0 Å². The van der Waals surface area contributed by atoms with Gasteiger partial charge in [-0.2, -0.15) is 0 Å². The normalized spacial score (nSPS) is 17.1. The molecule has 114 valence electrons. The maximum Gasteiger partial charge on any atom is 0.0237 e. The van der Waals surface area contributed by atoms with Crippen molar-refractivity contribution in [3.05, 3.63) is 59.3 Å². The molecule has 0 saturated carbocycles. The first-order chi connectivity index (χ1) is 9.89. The first kappa shape index (κ1) is 15.9. The van der Waals surface area contributed by atoms with Crippen molar-refractivity contribution in [2.75, 3.05) is 7.05 Å². The molecule has 0 heterocycles. The highest BCUT2D eigenvalue weighted by atomic mass is 14.8. The number of rotatable bonds is 6. The number of allylic oxidation sites excluding steroid dienone is 2. The summed E-state index contributed by atoms with van der Waals surface area (Å²) in [6.45, 7) is 15.1. The number of hydrogen-bond donors (Lipinski definition) is 1. The molecule has 0 aromatic heterocycles. The Hall–Kier alpha value is -1.50. The zero-order chi connectivity index (χ0) is 15.6. The SMILES string of the molecule is C=CCCC(C(=C)NC)c1ccc2c(c1C)CC(C)(C)C2. The second-order valence-electron chi connectivity index (χ2n) is 7.13. The highest BCUT2D eigenvalue weighted by molar-refractivity contribution is 5.47. The Morgan fingerprint density at radius 1 is 1.38 bits per heavy atom. The second kappa shape index (κ2) is 6.09. The van der Waals surface area contributed by atoms with Gasteiger partial charge in [0.25, 0.3) is 0 Å². The molecule has 1 nitrogen and oxygen atoms in total. The van der Waals surface area contributed by atoms with Crippen LogP contribution in [-0.2, 0) is 12.8 Å². The molecule has 1 heteroatoms. The first-order valence-electron chi connectivity index (χ1n) is 7.98. The van der Waals surface area contributed by atoms with Gasteiger partial charge in [0.1, 0.15) is 0 Å². The van der Waals surface area contributed by atoms with E-state index >= 15 is 0 Å². The molecule has 1 N–H and O–H groups in total. The van der Waals surface area contributed by atoms with Crippen molar-refractivity contribution in [3.8, 4) is 0 Å². The Morgan fingerprint density at radius 2 is 2.10 bits per heavy atom. The molecule has 1 aliphatic rings. The summed E-state index contributed by atoms with van der Waals surface area (Å²) in [4.78, 5) is 0. The van der Waals surface area contributed by atoms with Crippen molar-refractivity contribution < 1.29 is 0 Å². The van der Waals surface area contributed by atoms with Crippen molar-refractivity contribution in [2.45, 2.75) is 52.4 Å². The minimum Gasteiger partial charge on any atom is -0.391 e. The monoisotopic (exact) mass is 283 g/mol. The van der Waals surface area contributed by atoms with Gasteiger partial charge in [0, 0.05) is 18.7 Å². The van der Waals surface area contributed by atoms with Gasteiger partial charge >= 0.3 is 0 Å². The molecule has 1 aliphatic carbocycles. The van der Waals surface area contributed by atoms with Gasteiger partial charge in [0.05, 0.1) is 0 Å². The number of nitrogens with one attached hydrogen (secondary N) is 1. The van der Waals surface area contributed by atoms with Crippen LogP contribution in [0.25, 0.3) is 0 Å². The van der Waals surface area contributed by atoms with Crippen LogP contribution in [0.3, 0.4) is 0 Å². The maximum absolute atomic E-state index is 4.22. The van der Waals surface area contributed by atoms with Crippen molar-refractivity contribution in [1.29, 1.82) is 0 Å². The smallest absolute Gasteiger partial charge is 0.0237 e. The molecule has 0 amide bonds. The lowest BCUT2D eigenvalue weighted by atomic mass is 9.85. The van der Waals surface area contributed by atoms with Gasteiger partial charge in [0.15, 0.2) is 0 Å². The maximum atomic E-state index is 4.22. The van der Waals surface area contributed by atoms with Gasteiger partial charge in [-0.3, -0.25) is 0 Å². The molecule has 2 rings (SSSR count). The molecule has 1 atom stereocenters. The molecule has 0 bridgehead atoms. The molecule has 0 saturated heterocycles. The summed E-state index contributed by atoms with van der Waals surface area (Å²) in [7, 11) is 1.97. The molecular formula is C20H29N. The average Bonchev–Trinajstić information content (AvgIpc) is 2.76. The van der Waals surface area contributed by atoms with E-state index in [1.54, 1.807) is 11.1 Å². The third-order valence-electron chi connectivity index (χ3n) is 4.84. The van der Waals surface area contributed by atoms with Crippen LogP contribution in [0, 0.1) is 12.3 Å². The minimum atomic E-state index is 0.377. The number of benzene rings is 1. The Kier molecular flexibility index (Phi) is 4.61. The van der Waals surface area contributed by atoms with E-state index in [2.05, 4.69) is 51.4 Å². The molecule has 0 spiro atoms. The van der Waals surface area contributed by atoms with Crippen molar-refractivity contribution in [2.24, 2.45) is 5.41 Å². The first-order valence-corrected chi connectivity index (χ1v) is 7.98. The molecule has 0 fully saturated rings. The molecule has 1 aromatic rings. The summed E-state index contributed by atoms with van der Waals surface area (Å²) in [6.07, 6.45) is 6.50. The lowest BCUT2D eigenvalue weighted by Crippen LogP contribution is -2.15. The van der Waals surface area contributed by atoms with Gasteiger partial charge in [-0.05, 0) is 60.3 Å². The van der Waals surface area contributed by atoms with Crippen LogP contribution >= 0.6 is 0 Å². The predicted molar refractivity (Wildman–Crippen MR) is 92.7 cm³/mol. The predicted octanol–water partition coefficient (Wildman–Crippen LogP) is 4.90. The molecular weight excluding hydrogens is 254 g/mol. The molecule has 0 radical (unpaired) electrons. The van der Waals surface area contributed by atoms with Crippen molar-refractivity contribution in [1.82, 2.24) is 5.32 Å². The lowest BCUT2D eigenvalue weighted by Gasteiger charge is -2.23. The highest BCUT2D eigenvalue weighted by Crippen LogP contribution is 2.41. The van der Waals surface area contributed by atoms with Crippen molar-refractivity contribution >= 4 is 0 Å². The third-order valence-corrected chi connectivity index (χ3v) is 4.84. The summed E-state index contributed by atoms with van der Waals surface area (Å²) in [5, 5.41) is 3.25. The van der Waals surface area contributed by atoms with E-state index in [9.17, 15) is 0 Å². The van der Waals surface area contributed by atoms with E-state index in [0.717, 1.165) is 18.5 Å². The molecule has 1 unspecified atom stereocenters. The van der Waals surface area contributed by atoms with Crippen LogP contribution in [0.1, 0.15) is 54.9 Å². The van der Waals surface area contributed by atoms with Crippen LogP contribution in [-0.4, -0.2) is 7.05 Å². The third kappa shape index (κ3) is 3.23. The van der Waals surface area contributed by atoms with Gasteiger partial charge in [0.2, 0.25) is 0 Å². The van der Waals surface area contributed by atoms with Crippen LogP contribution in [0.2, 0.25) is 0 Å². The van der Waals surface area contributed by atoms with Crippen LogP contribution in [0.5, 0.6) is 0 Å². The van der Waals surface area contributed by atoms with Gasteiger partial charge in [-0.15, -0.1) is 6.58 Å². The largest absolute Gasteiger partial charge is 0.391 e. The average molecular weight is 283 g/mol. The Morgan fingerprint density at radius 3 is 2.71 bits per heavy atom. The van der Waals surface area contributed by atoms with Crippen LogP contribution in [0.15, 0.2) is 37.1 Å². The van der Waals surface area contributed by atoms with E-state index in [4.69, 9.17) is 0 Å². The lowest BCUT2D eigenvalue weighted by molar-refractivity contribution is 0.392. The summed E-state index contributed by atoms with van der Waals surface area (Å²) >= 11 is 0. The van der Waals surface area contributed by atoms with E-state index in [-0.39, 0.29) is 0 Å². The Labute approximate surface area is 130 Å². The van der Waals surface area contributed by atoms with E-state index < -0.39 is 0 Å². The second-order valence-corrected chi connectivity index (χ2v) is 7.13. The van der Waals surface area contributed by atoms with Gasteiger partial charge < -0.3 is 5.32 Å². The molecule has 21 heavy (non-hydrogen) atoms. The van der Waals surface area contributed by atoms with E-state index in [1.807, 2.05) is 13.1 Å². The quantitative estimate of drug-likeness (QED) is 0.732. The summed E-state index contributed by atoms with van der Waals surface area (Å²) in [6, 6.07) is 4.67. The Balaban J connectivity index is 2.39. The fourth-order valence-electron chi connectivity index (χ4n) is 3.65. The number of fused-ring (bicyclic) bond motifs is 1. The summed E-state index contributed by atoms with van der Waals surface area (Å²) in [5.41, 5.74) is 7.54. The fraction of sp³-hybridized carbons (Fsp3) is 0.500. The number of hydrogen-bond acceptors (Lipinski definition) is 1. The molecule has 0 aliphatic heterocycles. The fourth-order valence-corrected chi connectivity index (χ4v) is 3.65. The molecule has 1 aromatic carbocycles. The number of likely N-dealkylation sites (N-methyl/N-ethyl adjacent to an activating group) is 1. The zero-order valence-corrected chi connectivity index (χ0v) is 14.1. The zero-order valence-electron chi connectivity index (χ0n) is 14.1. The highest BCUT2D eigenvalue weighted by Gasteiger charge is 2.31. The minimum absolute atomic E-state index is 0.377. The topological polar surface area (TPSA) is 12.0 Å². The van der Waals surface area contributed by atoms with Gasteiger partial charge in [-0.1, -0.05) is 38.6 Å². The summed E-state index contributed by atoms with van der Waals surface area (Å²) in [5.74, 6) is 0.377. The van der Waals surface area contributed by atoms with Crippen LogP contribution < -0.4 is 5.32 Å².